The molecule has 0 aliphatic rings. The van der Waals surface area contributed by atoms with Crippen molar-refractivity contribution in [2.24, 2.45) is 0 Å². The molecule has 0 spiro atoms. The second-order valence-corrected chi connectivity index (χ2v) is 7.58. The number of rotatable bonds is 2. The smallest absolute Gasteiger partial charge is 0.183 e. The van der Waals surface area contributed by atoms with Crippen molar-refractivity contribution in [1.82, 2.24) is 19.9 Å². The van der Waals surface area contributed by atoms with Crippen LogP contribution >= 0.6 is 23.5 Å². The fourth-order valence-corrected chi connectivity index (χ4v) is 4.55. The molecule has 0 amide bonds. The molecule has 126 valence electrons. The van der Waals surface area contributed by atoms with Crippen LogP contribution in [-0.2, 0) is 0 Å². The number of hydrogen-bond donors (Lipinski definition) is 0. The monoisotopic (exact) mass is 374 g/mol. The molecule has 2 aromatic heterocycles. The van der Waals surface area contributed by atoms with Gasteiger partial charge in [-0.05, 0) is 40.8 Å². The first-order valence-electron chi connectivity index (χ1n) is 8.15. The van der Waals surface area contributed by atoms with Crippen molar-refractivity contribution >= 4 is 67.3 Å². The zero-order valence-electron chi connectivity index (χ0n) is 14.2. The summed E-state index contributed by atoms with van der Waals surface area (Å²) < 4.78 is 0. The van der Waals surface area contributed by atoms with Crippen molar-refractivity contribution in [3.8, 4) is 0 Å². The van der Waals surface area contributed by atoms with E-state index in [2.05, 4.69) is 52.6 Å². The minimum atomic E-state index is 0.641. The molecule has 0 saturated heterocycles. The van der Waals surface area contributed by atoms with E-state index in [9.17, 15) is 0 Å². The Kier molecular flexibility index (Phi) is 3.69. The molecule has 0 fully saturated rings. The Labute approximate surface area is 158 Å². The van der Waals surface area contributed by atoms with Crippen molar-refractivity contribution in [3.63, 3.8) is 0 Å². The van der Waals surface area contributed by atoms with Crippen LogP contribution in [-0.4, -0.2) is 32.4 Å². The summed E-state index contributed by atoms with van der Waals surface area (Å²) in [6.45, 7) is 0. The average Bonchev–Trinajstić information content (AvgIpc) is 2.70. The zero-order valence-corrected chi connectivity index (χ0v) is 15.9. The van der Waals surface area contributed by atoms with Gasteiger partial charge in [0.25, 0.3) is 0 Å². The SMILES string of the molecule is CSc1ncnc2nc3ccc4c5ccccc5cc(SC)c4c3nc12. The molecule has 0 atom stereocenters. The van der Waals surface area contributed by atoms with Gasteiger partial charge < -0.3 is 0 Å². The van der Waals surface area contributed by atoms with Gasteiger partial charge in [-0.1, -0.05) is 30.3 Å². The Morgan fingerprint density at radius 2 is 1.69 bits per heavy atom. The Hall–Kier alpha value is -2.44. The zero-order chi connectivity index (χ0) is 17.7. The maximum Gasteiger partial charge on any atom is 0.183 e. The van der Waals surface area contributed by atoms with Crippen molar-refractivity contribution in [3.05, 3.63) is 48.8 Å². The summed E-state index contributed by atoms with van der Waals surface area (Å²) in [4.78, 5) is 19.6. The average molecular weight is 374 g/mol. The first kappa shape index (κ1) is 15.8. The molecule has 3 aromatic carbocycles. The number of benzene rings is 3. The second-order valence-electron chi connectivity index (χ2n) is 5.93. The lowest BCUT2D eigenvalue weighted by molar-refractivity contribution is 1.07. The van der Waals surface area contributed by atoms with Crippen molar-refractivity contribution in [2.75, 3.05) is 12.5 Å². The molecule has 0 radical (unpaired) electrons. The molecule has 6 heteroatoms. The number of thioether (sulfide) groups is 2. The lowest BCUT2D eigenvalue weighted by Gasteiger charge is -2.11. The van der Waals surface area contributed by atoms with Gasteiger partial charge in [0, 0.05) is 10.3 Å². The third-order valence-corrected chi connectivity index (χ3v) is 6.02. The van der Waals surface area contributed by atoms with Gasteiger partial charge in [0.05, 0.1) is 11.0 Å². The molecular formula is C20H14N4S2. The molecule has 0 saturated carbocycles. The van der Waals surface area contributed by atoms with Crippen LogP contribution in [0.3, 0.4) is 0 Å². The highest BCUT2D eigenvalue weighted by atomic mass is 32.2. The number of nitrogens with zero attached hydrogens (tertiary/aromatic N) is 4. The highest BCUT2D eigenvalue weighted by Gasteiger charge is 2.14. The van der Waals surface area contributed by atoms with Gasteiger partial charge in [-0.15, -0.1) is 23.5 Å². The van der Waals surface area contributed by atoms with Crippen molar-refractivity contribution in [2.45, 2.75) is 9.92 Å². The van der Waals surface area contributed by atoms with Crippen LogP contribution in [0.25, 0.3) is 43.7 Å². The quantitative estimate of drug-likeness (QED) is 0.180. The topological polar surface area (TPSA) is 51.6 Å². The predicted molar refractivity (Wildman–Crippen MR) is 111 cm³/mol. The fourth-order valence-electron chi connectivity index (χ4n) is 3.41. The molecule has 2 heterocycles. The lowest BCUT2D eigenvalue weighted by Crippen LogP contribution is -1.95. The van der Waals surface area contributed by atoms with E-state index in [1.165, 1.54) is 21.1 Å². The number of hydrogen-bond acceptors (Lipinski definition) is 6. The van der Waals surface area contributed by atoms with E-state index in [0.717, 1.165) is 27.0 Å². The largest absolute Gasteiger partial charge is 0.239 e. The Bertz CT molecular complexity index is 1320. The second kappa shape index (κ2) is 6.07. The van der Waals surface area contributed by atoms with E-state index in [1.54, 1.807) is 29.9 Å². The van der Waals surface area contributed by atoms with E-state index in [4.69, 9.17) is 9.97 Å². The minimum Gasteiger partial charge on any atom is -0.239 e. The highest BCUT2D eigenvalue weighted by Crippen LogP contribution is 2.37. The van der Waals surface area contributed by atoms with Crippen LogP contribution in [0.1, 0.15) is 0 Å². The predicted octanol–water partition coefficient (Wildman–Crippen LogP) is 5.32. The summed E-state index contributed by atoms with van der Waals surface area (Å²) >= 11 is 3.31. The molecule has 5 rings (SSSR count). The van der Waals surface area contributed by atoms with Gasteiger partial charge in [0.15, 0.2) is 5.65 Å². The van der Waals surface area contributed by atoms with Crippen LogP contribution in [0.4, 0.5) is 0 Å². The van der Waals surface area contributed by atoms with Gasteiger partial charge in [0.1, 0.15) is 16.9 Å². The van der Waals surface area contributed by atoms with Crippen LogP contribution < -0.4 is 0 Å². The fraction of sp³-hybridized carbons (Fsp3) is 0.100. The Balaban J connectivity index is 2.03. The highest BCUT2D eigenvalue weighted by molar-refractivity contribution is 7.99. The molecule has 0 aliphatic heterocycles. The molecule has 5 aromatic rings. The summed E-state index contributed by atoms with van der Waals surface area (Å²) in [5.74, 6) is 0. The molecular weight excluding hydrogens is 360 g/mol. The third-order valence-electron chi connectivity index (χ3n) is 4.57. The number of aromatic nitrogens is 4. The molecule has 0 bridgehead atoms. The Morgan fingerprint density at radius 1 is 0.808 bits per heavy atom. The van der Waals surface area contributed by atoms with E-state index >= 15 is 0 Å². The Morgan fingerprint density at radius 3 is 2.54 bits per heavy atom. The van der Waals surface area contributed by atoms with E-state index in [-0.39, 0.29) is 0 Å². The summed E-state index contributed by atoms with van der Waals surface area (Å²) in [5.41, 5.74) is 3.18. The van der Waals surface area contributed by atoms with Gasteiger partial charge in [0.2, 0.25) is 0 Å². The van der Waals surface area contributed by atoms with Crippen LogP contribution in [0.15, 0.2) is 58.7 Å². The summed E-state index contributed by atoms with van der Waals surface area (Å²) in [6.07, 6.45) is 5.65. The summed E-state index contributed by atoms with van der Waals surface area (Å²) in [6, 6.07) is 14.9. The molecule has 0 aliphatic carbocycles. The van der Waals surface area contributed by atoms with Crippen LogP contribution in [0.2, 0.25) is 0 Å². The number of fused-ring (bicyclic) bond motifs is 6. The third kappa shape index (κ3) is 2.26. The maximum absolute atomic E-state index is 4.97. The lowest BCUT2D eigenvalue weighted by atomic mass is 10.0. The van der Waals surface area contributed by atoms with Crippen molar-refractivity contribution in [1.29, 1.82) is 0 Å². The standard InChI is InChI=1S/C20H14N4S2/c1-25-15-9-11-5-3-4-6-12(11)13-7-8-14-17(16(13)15)24-18-19(23-14)21-10-22-20(18)26-2/h3-10H,1-2H3. The first-order chi connectivity index (χ1) is 12.8. The van der Waals surface area contributed by atoms with Gasteiger partial charge >= 0.3 is 0 Å². The van der Waals surface area contributed by atoms with Crippen LogP contribution in [0, 0.1) is 0 Å². The first-order valence-corrected chi connectivity index (χ1v) is 10.6. The van der Waals surface area contributed by atoms with Crippen LogP contribution in [0.5, 0.6) is 0 Å². The molecule has 4 nitrogen and oxygen atoms in total. The summed E-state index contributed by atoms with van der Waals surface area (Å²) in [5, 5.41) is 5.69. The molecule has 0 N–H and O–H groups in total. The van der Waals surface area contributed by atoms with Gasteiger partial charge in [-0.25, -0.2) is 19.9 Å². The minimum absolute atomic E-state index is 0.641. The molecule has 26 heavy (non-hydrogen) atoms. The van der Waals surface area contributed by atoms with E-state index < -0.39 is 0 Å². The summed E-state index contributed by atoms with van der Waals surface area (Å²) in [7, 11) is 0. The van der Waals surface area contributed by atoms with Gasteiger partial charge in [-0.2, -0.15) is 0 Å². The van der Waals surface area contributed by atoms with E-state index in [1.807, 2.05) is 12.3 Å². The maximum atomic E-state index is 4.97. The van der Waals surface area contributed by atoms with Crippen molar-refractivity contribution < 1.29 is 0 Å². The normalized spacial score (nSPS) is 11.8. The molecule has 0 unspecified atom stereocenters. The van der Waals surface area contributed by atoms with Gasteiger partial charge in [-0.3, -0.25) is 0 Å². The van der Waals surface area contributed by atoms with E-state index in [0.29, 0.717) is 5.65 Å².